The fraction of sp³-hybridized carbons (Fsp3) is 0.467. The highest BCUT2D eigenvalue weighted by Crippen LogP contribution is 2.60. The minimum Gasteiger partial charge on any atom is -0.341 e. The Morgan fingerprint density at radius 3 is 2.53 bits per heavy atom. The van der Waals surface area contributed by atoms with Crippen LogP contribution in [0.3, 0.4) is 0 Å². The number of likely N-dealkylation sites (tertiary alicyclic amines) is 1. The molecule has 1 saturated carbocycles. The zero-order chi connectivity index (χ0) is 13.5. The topological polar surface area (TPSA) is 44.1 Å². The minimum absolute atomic E-state index is 0.0400. The van der Waals surface area contributed by atoms with E-state index >= 15 is 0 Å². The third kappa shape index (κ3) is 1.90. The zero-order valence-electron chi connectivity index (χ0n) is 10.6. The van der Waals surface area contributed by atoms with Crippen LogP contribution in [0.4, 0.5) is 4.39 Å². The summed E-state index contributed by atoms with van der Waals surface area (Å²) in [5.74, 6) is -0.411. The van der Waals surface area contributed by atoms with Crippen LogP contribution in [0.5, 0.6) is 0 Å². The van der Waals surface area contributed by atoms with E-state index in [4.69, 9.17) is 0 Å². The van der Waals surface area contributed by atoms with Crippen LogP contribution in [0.15, 0.2) is 24.3 Å². The molecule has 0 spiro atoms. The Hall–Kier alpha value is -1.89. The molecule has 0 radical (unpaired) electrons. The molecule has 0 N–H and O–H groups in total. The number of halogens is 1. The van der Waals surface area contributed by atoms with Crippen molar-refractivity contribution in [2.24, 2.45) is 5.41 Å². The highest BCUT2D eigenvalue weighted by molar-refractivity contribution is 5.90. The molecule has 1 heterocycles. The summed E-state index contributed by atoms with van der Waals surface area (Å²) in [6.45, 7) is 1.52. The predicted molar refractivity (Wildman–Crippen MR) is 67.6 cm³/mol. The van der Waals surface area contributed by atoms with Crippen LogP contribution < -0.4 is 0 Å². The summed E-state index contributed by atoms with van der Waals surface area (Å²) >= 11 is 0. The number of benzene rings is 1. The fourth-order valence-electron chi connectivity index (χ4n) is 2.97. The molecule has 2 aliphatic rings. The van der Waals surface area contributed by atoms with Gasteiger partial charge in [0.15, 0.2) is 0 Å². The molecule has 1 aromatic rings. The number of rotatable bonds is 2. The van der Waals surface area contributed by atoms with Crippen molar-refractivity contribution in [3.05, 3.63) is 35.6 Å². The fourth-order valence-corrected chi connectivity index (χ4v) is 2.97. The molecule has 0 aromatic heterocycles. The van der Waals surface area contributed by atoms with Crippen molar-refractivity contribution >= 4 is 5.91 Å². The van der Waals surface area contributed by atoms with E-state index in [1.807, 2.05) is 0 Å². The van der Waals surface area contributed by atoms with E-state index in [9.17, 15) is 14.4 Å². The smallest absolute Gasteiger partial charge is 0.243 e. The third-order valence-electron chi connectivity index (χ3n) is 4.21. The molecule has 1 aliphatic carbocycles. The first kappa shape index (κ1) is 12.2. The quantitative estimate of drug-likeness (QED) is 0.817. The van der Waals surface area contributed by atoms with Crippen molar-refractivity contribution < 1.29 is 9.18 Å². The monoisotopic (exact) mass is 258 g/mol. The predicted octanol–water partition coefficient (Wildman–Crippen LogP) is 2.45. The number of hydrogen-bond acceptors (Lipinski definition) is 2. The first-order chi connectivity index (χ1) is 9.17. The number of hydrogen-bond donors (Lipinski definition) is 0. The maximum Gasteiger partial charge on any atom is 0.243 e. The van der Waals surface area contributed by atoms with E-state index < -0.39 is 5.41 Å². The van der Waals surface area contributed by atoms with Crippen LogP contribution in [0.1, 0.15) is 30.7 Å². The summed E-state index contributed by atoms with van der Waals surface area (Å²) in [5, 5.41) is 9.40. The van der Waals surface area contributed by atoms with E-state index in [1.165, 1.54) is 12.1 Å². The van der Waals surface area contributed by atoms with Gasteiger partial charge in [0, 0.05) is 19.0 Å². The molecule has 3 rings (SSSR count). The molecule has 1 aromatic carbocycles. The SMILES string of the molecule is N#C[C@@]1(C(=O)N2CCCC2)C[C@H]1c1ccc(F)cc1. The molecule has 1 aliphatic heterocycles. The Morgan fingerprint density at radius 2 is 1.95 bits per heavy atom. The molecule has 0 unspecified atom stereocenters. The van der Waals surface area contributed by atoms with Gasteiger partial charge in [-0.15, -0.1) is 0 Å². The lowest BCUT2D eigenvalue weighted by molar-refractivity contribution is -0.134. The van der Waals surface area contributed by atoms with E-state index in [0.29, 0.717) is 6.42 Å². The molecule has 2 atom stereocenters. The second-order valence-corrected chi connectivity index (χ2v) is 5.39. The second kappa shape index (κ2) is 4.34. The number of amides is 1. The maximum atomic E-state index is 12.9. The van der Waals surface area contributed by atoms with Crippen molar-refractivity contribution in [3.63, 3.8) is 0 Å². The van der Waals surface area contributed by atoms with Gasteiger partial charge >= 0.3 is 0 Å². The highest BCUT2D eigenvalue weighted by Gasteiger charge is 2.62. The second-order valence-electron chi connectivity index (χ2n) is 5.39. The number of nitriles is 1. The zero-order valence-corrected chi connectivity index (χ0v) is 10.6. The first-order valence-electron chi connectivity index (χ1n) is 6.63. The molecule has 2 fully saturated rings. The van der Waals surface area contributed by atoms with Crippen molar-refractivity contribution in [3.8, 4) is 6.07 Å². The molecule has 0 bridgehead atoms. The third-order valence-corrected chi connectivity index (χ3v) is 4.21. The van der Waals surface area contributed by atoms with Crippen molar-refractivity contribution in [1.29, 1.82) is 5.26 Å². The number of carbonyl (C=O) groups excluding carboxylic acids is 1. The van der Waals surface area contributed by atoms with Crippen LogP contribution in [0, 0.1) is 22.6 Å². The van der Waals surface area contributed by atoms with Gasteiger partial charge in [-0.25, -0.2) is 4.39 Å². The van der Waals surface area contributed by atoms with Crippen LogP contribution in [0.25, 0.3) is 0 Å². The van der Waals surface area contributed by atoms with Crippen molar-refractivity contribution in [2.75, 3.05) is 13.1 Å². The summed E-state index contributed by atoms with van der Waals surface area (Å²) in [6, 6.07) is 8.33. The lowest BCUT2D eigenvalue weighted by Gasteiger charge is -2.19. The first-order valence-corrected chi connectivity index (χ1v) is 6.63. The van der Waals surface area contributed by atoms with Gasteiger partial charge in [-0.3, -0.25) is 4.79 Å². The molecule has 98 valence electrons. The minimum atomic E-state index is -0.901. The number of carbonyl (C=O) groups is 1. The van der Waals surface area contributed by atoms with Gasteiger partial charge in [0.25, 0.3) is 0 Å². The van der Waals surface area contributed by atoms with Gasteiger partial charge < -0.3 is 4.90 Å². The normalized spacial score (nSPS) is 29.1. The van der Waals surface area contributed by atoms with E-state index in [1.54, 1.807) is 17.0 Å². The summed E-state index contributed by atoms with van der Waals surface area (Å²) < 4.78 is 12.9. The van der Waals surface area contributed by atoms with E-state index in [-0.39, 0.29) is 17.6 Å². The lowest BCUT2D eigenvalue weighted by atomic mass is 9.99. The van der Waals surface area contributed by atoms with Gasteiger partial charge in [0.1, 0.15) is 11.2 Å². The van der Waals surface area contributed by atoms with Gasteiger partial charge in [0.05, 0.1) is 6.07 Å². The Kier molecular flexibility index (Phi) is 2.78. The molecule has 1 saturated heterocycles. The van der Waals surface area contributed by atoms with Gasteiger partial charge in [-0.2, -0.15) is 5.26 Å². The summed E-state index contributed by atoms with van der Waals surface area (Å²) in [7, 11) is 0. The van der Waals surface area contributed by atoms with Crippen LogP contribution >= 0.6 is 0 Å². The van der Waals surface area contributed by atoms with Crippen molar-refractivity contribution in [2.45, 2.75) is 25.2 Å². The summed E-state index contributed by atoms with van der Waals surface area (Å²) in [6.07, 6.45) is 2.60. The Labute approximate surface area is 111 Å². The highest BCUT2D eigenvalue weighted by atomic mass is 19.1. The molecular formula is C15H15FN2O. The van der Waals surface area contributed by atoms with Crippen molar-refractivity contribution in [1.82, 2.24) is 4.90 Å². The summed E-state index contributed by atoms with van der Waals surface area (Å²) in [4.78, 5) is 14.2. The summed E-state index contributed by atoms with van der Waals surface area (Å²) in [5.41, 5.74) is -0.0159. The van der Waals surface area contributed by atoms with E-state index in [2.05, 4.69) is 6.07 Å². The largest absolute Gasteiger partial charge is 0.341 e. The average Bonchev–Trinajstić information content (AvgIpc) is 2.93. The molecule has 3 nitrogen and oxygen atoms in total. The van der Waals surface area contributed by atoms with Crippen LogP contribution in [0.2, 0.25) is 0 Å². The average molecular weight is 258 g/mol. The van der Waals surface area contributed by atoms with Crippen LogP contribution in [-0.4, -0.2) is 23.9 Å². The van der Waals surface area contributed by atoms with Gasteiger partial charge in [0.2, 0.25) is 5.91 Å². The van der Waals surface area contributed by atoms with Crippen LogP contribution in [-0.2, 0) is 4.79 Å². The van der Waals surface area contributed by atoms with Gasteiger partial charge in [-0.05, 0) is 37.0 Å². The molecular weight excluding hydrogens is 243 g/mol. The number of nitrogens with zero attached hydrogens (tertiary/aromatic N) is 2. The Bertz CT molecular complexity index is 542. The Morgan fingerprint density at radius 1 is 1.32 bits per heavy atom. The van der Waals surface area contributed by atoms with Gasteiger partial charge in [-0.1, -0.05) is 12.1 Å². The maximum absolute atomic E-state index is 12.9. The lowest BCUT2D eigenvalue weighted by Crippen LogP contribution is -2.35. The molecule has 1 amide bonds. The molecule has 4 heteroatoms. The van der Waals surface area contributed by atoms with E-state index in [0.717, 1.165) is 31.5 Å². The Balaban J connectivity index is 1.82. The molecule has 19 heavy (non-hydrogen) atoms. The standard InChI is InChI=1S/C15H15FN2O/c16-12-5-3-11(4-6-12)13-9-15(13,10-17)14(19)18-7-1-2-8-18/h3-6,13H,1-2,7-9H2/t13-,15-/m0/s1.